The van der Waals surface area contributed by atoms with Gasteiger partial charge in [0.15, 0.2) is 0 Å². The van der Waals surface area contributed by atoms with Crippen LogP contribution in [0.5, 0.6) is 5.75 Å². The molecule has 1 atom stereocenters. The lowest BCUT2D eigenvalue weighted by Crippen LogP contribution is -2.23. The number of aromatic nitrogens is 1. The number of rotatable bonds is 7. The molecule has 4 rings (SSSR count). The number of carbonyl (C=O) groups is 1. The number of methoxy groups -OCH3 is 1. The first kappa shape index (κ1) is 18.6. The normalized spacial score (nSPS) is 17.2. The van der Waals surface area contributed by atoms with E-state index in [0.717, 1.165) is 30.8 Å². The summed E-state index contributed by atoms with van der Waals surface area (Å²) in [6.45, 7) is 2.57. The van der Waals surface area contributed by atoms with Crippen molar-refractivity contribution in [3.63, 3.8) is 0 Å². The maximum atomic E-state index is 11.2. The zero-order chi connectivity index (χ0) is 19.5. The van der Waals surface area contributed by atoms with Gasteiger partial charge in [0.05, 0.1) is 7.11 Å². The van der Waals surface area contributed by atoms with E-state index >= 15 is 0 Å². The lowest BCUT2D eigenvalue weighted by Gasteiger charge is -2.26. The number of nitrogens with two attached hydrogens (primary N) is 1. The molecule has 1 unspecified atom stereocenters. The molecule has 0 radical (unpaired) electrons. The Morgan fingerprint density at radius 2 is 1.96 bits per heavy atom. The first-order valence-electron chi connectivity index (χ1n) is 9.89. The Morgan fingerprint density at radius 1 is 1.18 bits per heavy atom. The standard InChI is InChI=1S/C23H27N3O2/c1-28-22-11-5-3-8-19(22)21-10-6-13-25(21)15-17-16-26(14-12-23(24)27)20-9-4-2-7-18(17)20/h2-5,7-9,11,16,21H,6,10,12-15H2,1H3,(H2,24,27). The van der Waals surface area contributed by atoms with E-state index in [9.17, 15) is 4.79 Å². The van der Waals surface area contributed by atoms with Gasteiger partial charge in [0.1, 0.15) is 5.75 Å². The van der Waals surface area contributed by atoms with Crippen molar-refractivity contribution in [2.45, 2.75) is 38.4 Å². The van der Waals surface area contributed by atoms with E-state index < -0.39 is 0 Å². The van der Waals surface area contributed by atoms with Gasteiger partial charge in [-0.3, -0.25) is 9.69 Å². The van der Waals surface area contributed by atoms with Gasteiger partial charge in [-0.05, 0) is 37.1 Å². The lowest BCUT2D eigenvalue weighted by atomic mass is 10.0. The van der Waals surface area contributed by atoms with Crippen LogP contribution in [0.2, 0.25) is 0 Å². The molecule has 0 spiro atoms. The number of primary amides is 1. The van der Waals surface area contributed by atoms with Crippen molar-refractivity contribution >= 4 is 16.8 Å². The van der Waals surface area contributed by atoms with Crippen LogP contribution in [0, 0.1) is 0 Å². The number of hydrogen-bond acceptors (Lipinski definition) is 3. The fourth-order valence-electron chi connectivity index (χ4n) is 4.39. The largest absolute Gasteiger partial charge is 0.496 e. The van der Waals surface area contributed by atoms with Gasteiger partial charge in [-0.1, -0.05) is 36.4 Å². The Morgan fingerprint density at radius 3 is 2.79 bits per heavy atom. The third-order valence-electron chi connectivity index (χ3n) is 5.71. The highest BCUT2D eigenvalue weighted by molar-refractivity contribution is 5.84. The van der Waals surface area contributed by atoms with Crippen LogP contribution in [-0.4, -0.2) is 29.0 Å². The second-order valence-corrected chi connectivity index (χ2v) is 7.45. The number of aryl methyl sites for hydroxylation is 1. The molecule has 1 aromatic heterocycles. The van der Waals surface area contributed by atoms with E-state index in [4.69, 9.17) is 10.5 Å². The third-order valence-corrected chi connectivity index (χ3v) is 5.71. The number of likely N-dealkylation sites (tertiary alicyclic amines) is 1. The second-order valence-electron chi connectivity index (χ2n) is 7.45. The molecule has 3 aromatic rings. The molecule has 5 heteroatoms. The Balaban J connectivity index is 1.63. The van der Waals surface area contributed by atoms with Gasteiger partial charge in [0, 0.05) is 48.2 Å². The summed E-state index contributed by atoms with van der Waals surface area (Å²) in [6.07, 6.45) is 4.86. The zero-order valence-electron chi connectivity index (χ0n) is 16.3. The van der Waals surface area contributed by atoms with E-state index in [2.05, 4.69) is 46.0 Å². The van der Waals surface area contributed by atoms with E-state index in [1.54, 1.807) is 7.11 Å². The predicted octanol–water partition coefficient (Wildman–Crippen LogP) is 3.86. The molecule has 28 heavy (non-hydrogen) atoms. The van der Waals surface area contributed by atoms with Crippen molar-refractivity contribution in [3.05, 3.63) is 65.9 Å². The number of nitrogens with zero attached hydrogens (tertiary/aromatic N) is 2. The molecule has 146 valence electrons. The summed E-state index contributed by atoms with van der Waals surface area (Å²) in [6, 6.07) is 17.1. The average molecular weight is 377 g/mol. The van der Waals surface area contributed by atoms with Crippen molar-refractivity contribution in [2.75, 3.05) is 13.7 Å². The number of para-hydroxylation sites is 2. The highest BCUT2D eigenvalue weighted by atomic mass is 16.5. The lowest BCUT2D eigenvalue weighted by molar-refractivity contribution is -0.118. The summed E-state index contributed by atoms with van der Waals surface area (Å²) < 4.78 is 7.77. The molecule has 1 amide bonds. The number of carbonyl (C=O) groups excluding carboxylic acids is 1. The monoisotopic (exact) mass is 377 g/mol. The molecule has 2 N–H and O–H groups in total. The number of ether oxygens (including phenoxy) is 1. The maximum Gasteiger partial charge on any atom is 0.219 e. The van der Waals surface area contributed by atoms with Crippen molar-refractivity contribution in [2.24, 2.45) is 5.73 Å². The smallest absolute Gasteiger partial charge is 0.219 e. The van der Waals surface area contributed by atoms with Gasteiger partial charge in [0.25, 0.3) is 0 Å². The quantitative estimate of drug-likeness (QED) is 0.680. The number of amides is 1. The minimum Gasteiger partial charge on any atom is -0.496 e. The van der Waals surface area contributed by atoms with Gasteiger partial charge in [0.2, 0.25) is 5.91 Å². The van der Waals surface area contributed by atoms with Crippen LogP contribution in [0.1, 0.15) is 36.4 Å². The summed E-state index contributed by atoms with van der Waals surface area (Å²) in [5.41, 5.74) is 9.08. The summed E-state index contributed by atoms with van der Waals surface area (Å²) in [4.78, 5) is 13.8. The topological polar surface area (TPSA) is 60.5 Å². The van der Waals surface area contributed by atoms with Crippen LogP contribution in [0.25, 0.3) is 10.9 Å². The van der Waals surface area contributed by atoms with Gasteiger partial charge in [-0.25, -0.2) is 0 Å². The summed E-state index contributed by atoms with van der Waals surface area (Å²) >= 11 is 0. The number of fused-ring (bicyclic) bond motifs is 1. The second kappa shape index (κ2) is 8.07. The van der Waals surface area contributed by atoms with E-state index in [1.807, 2.05) is 18.2 Å². The molecular weight excluding hydrogens is 350 g/mol. The maximum absolute atomic E-state index is 11.2. The molecule has 1 aliphatic rings. The summed E-state index contributed by atoms with van der Waals surface area (Å²) in [5.74, 6) is 0.693. The minimum absolute atomic E-state index is 0.268. The van der Waals surface area contributed by atoms with Crippen LogP contribution in [0.3, 0.4) is 0 Å². The first-order valence-corrected chi connectivity index (χ1v) is 9.89. The van der Waals surface area contributed by atoms with Crippen molar-refractivity contribution in [1.82, 2.24) is 9.47 Å². The van der Waals surface area contributed by atoms with Gasteiger partial charge in [-0.2, -0.15) is 0 Å². The Bertz CT molecular complexity index is 979. The molecule has 0 bridgehead atoms. The molecule has 1 aliphatic heterocycles. The SMILES string of the molecule is COc1ccccc1C1CCCN1Cc1cn(CCC(N)=O)c2ccccc12. The fraction of sp³-hybridized carbons (Fsp3) is 0.348. The Labute approximate surface area is 165 Å². The number of hydrogen-bond donors (Lipinski definition) is 1. The molecule has 2 heterocycles. The molecule has 5 nitrogen and oxygen atoms in total. The van der Waals surface area contributed by atoms with E-state index in [-0.39, 0.29) is 5.91 Å². The molecule has 1 fully saturated rings. The van der Waals surface area contributed by atoms with Gasteiger partial charge in [-0.15, -0.1) is 0 Å². The Kier molecular flexibility index (Phi) is 5.35. The van der Waals surface area contributed by atoms with Gasteiger partial charge < -0.3 is 15.0 Å². The van der Waals surface area contributed by atoms with Crippen LogP contribution in [-0.2, 0) is 17.9 Å². The van der Waals surface area contributed by atoms with Crippen LogP contribution in [0.4, 0.5) is 0 Å². The summed E-state index contributed by atoms with van der Waals surface area (Å²) in [7, 11) is 1.74. The highest BCUT2D eigenvalue weighted by Crippen LogP contribution is 2.38. The molecule has 0 aliphatic carbocycles. The van der Waals surface area contributed by atoms with Crippen molar-refractivity contribution < 1.29 is 9.53 Å². The third kappa shape index (κ3) is 3.62. The van der Waals surface area contributed by atoms with Crippen LogP contribution < -0.4 is 10.5 Å². The first-order chi connectivity index (χ1) is 13.7. The average Bonchev–Trinajstić information content (AvgIpc) is 3.31. The molecule has 0 saturated carbocycles. The van der Waals surface area contributed by atoms with Crippen LogP contribution in [0.15, 0.2) is 54.7 Å². The fourth-order valence-corrected chi connectivity index (χ4v) is 4.39. The van der Waals surface area contributed by atoms with E-state index in [0.29, 0.717) is 19.0 Å². The molecular formula is C23H27N3O2. The zero-order valence-corrected chi connectivity index (χ0v) is 16.3. The van der Waals surface area contributed by atoms with Crippen molar-refractivity contribution in [3.8, 4) is 5.75 Å². The van der Waals surface area contributed by atoms with Gasteiger partial charge >= 0.3 is 0 Å². The van der Waals surface area contributed by atoms with Crippen molar-refractivity contribution in [1.29, 1.82) is 0 Å². The molecule has 1 saturated heterocycles. The predicted molar refractivity (Wildman–Crippen MR) is 111 cm³/mol. The minimum atomic E-state index is -0.268. The highest BCUT2D eigenvalue weighted by Gasteiger charge is 2.28. The van der Waals surface area contributed by atoms with E-state index in [1.165, 1.54) is 22.9 Å². The summed E-state index contributed by atoms with van der Waals surface area (Å²) in [5, 5.41) is 1.25. The molecule has 2 aromatic carbocycles. The Hall–Kier alpha value is -2.79. The van der Waals surface area contributed by atoms with Crippen LogP contribution >= 0.6 is 0 Å². The number of benzene rings is 2.